The van der Waals surface area contributed by atoms with Crippen LogP contribution in [0.5, 0.6) is 0 Å². The van der Waals surface area contributed by atoms with Gasteiger partial charge in [-0.25, -0.2) is 10.5 Å². The van der Waals surface area contributed by atoms with Crippen LogP contribution in [0.15, 0.2) is 0 Å². The minimum atomic E-state index is 0.190. The van der Waals surface area contributed by atoms with E-state index in [0.717, 1.165) is 39.1 Å². The first-order valence-corrected chi connectivity index (χ1v) is 4.90. The van der Waals surface area contributed by atoms with Gasteiger partial charge in [-0.1, -0.05) is 0 Å². The maximum atomic E-state index is 11.5. The summed E-state index contributed by atoms with van der Waals surface area (Å²) in [7, 11) is 0. The second-order valence-corrected chi connectivity index (χ2v) is 3.46. The Morgan fingerprint density at radius 1 is 1.23 bits per heavy atom. The predicted molar refractivity (Wildman–Crippen MR) is 48.3 cm³/mol. The summed E-state index contributed by atoms with van der Waals surface area (Å²) in [6.45, 7) is 3.70. The second kappa shape index (κ2) is 4.04. The summed E-state index contributed by atoms with van der Waals surface area (Å²) in [4.78, 5) is 11.5. The van der Waals surface area contributed by atoms with E-state index in [1.54, 1.807) is 5.12 Å². The van der Waals surface area contributed by atoms with Gasteiger partial charge in [0.1, 0.15) is 0 Å². The first-order valence-electron chi connectivity index (χ1n) is 4.90. The summed E-state index contributed by atoms with van der Waals surface area (Å²) in [5.74, 6) is 0.190. The second-order valence-electron chi connectivity index (χ2n) is 3.46. The van der Waals surface area contributed by atoms with Crippen LogP contribution in [-0.2, 0) is 4.79 Å². The standard InChI is InChI=1S/C8H16N4O/c13-8-3-1-5-10-12(8)11-6-2-4-9-7-11/h9-10H,1-7H2. The number of hydrogen-bond donors (Lipinski definition) is 2. The van der Waals surface area contributed by atoms with Gasteiger partial charge in [0.05, 0.1) is 6.67 Å². The zero-order valence-corrected chi connectivity index (χ0v) is 7.75. The molecule has 0 aromatic carbocycles. The molecule has 0 spiro atoms. The highest BCUT2D eigenvalue weighted by molar-refractivity contribution is 5.75. The summed E-state index contributed by atoms with van der Waals surface area (Å²) in [5.41, 5.74) is 3.11. The lowest BCUT2D eigenvalue weighted by molar-refractivity contribution is -0.165. The van der Waals surface area contributed by atoms with E-state index in [4.69, 9.17) is 0 Å². The molecule has 2 saturated heterocycles. The van der Waals surface area contributed by atoms with Crippen molar-refractivity contribution in [3.05, 3.63) is 0 Å². The van der Waals surface area contributed by atoms with Crippen LogP contribution < -0.4 is 10.7 Å². The molecule has 0 aromatic heterocycles. The number of carbonyl (C=O) groups excluding carboxylic acids is 1. The molecule has 2 N–H and O–H groups in total. The molecule has 0 radical (unpaired) electrons. The Morgan fingerprint density at radius 3 is 2.85 bits per heavy atom. The summed E-state index contributed by atoms with van der Waals surface area (Å²) < 4.78 is 0. The summed E-state index contributed by atoms with van der Waals surface area (Å²) in [6, 6.07) is 0. The number of hydrogen-bond acceptors (Lipinski definition) is 4. The monoisotopic (exact) mass is 184 g/mol. The number of rotatable bonds is 1. The number of nitrogens with zero attached hydrogens (tertiary/aromatic N) is 2. The maximum absolute atomic E-state index is 11.5. The Hall–Kier alpha value is -0.650. The van der Waals surface area contributed by atoms with Crippen molar-refractivity contribution in [1.29, 1.82) is 0 Å². The van der Waals surface area contributed by atoms with Gasteiger partial charge in [-0.05, 0) is 19.4 Å². The van der Waals surface area contributed by atoms with Crippen molar-refractivity contribution in [3.8, 4) is 0 Å². The molecule has 1 amide bonds. The lowest BCUT2D eigenvalue weighted by Crippen LogP contribution is -2.60. The van der Waals surface area contributed by atoms with Gasteiger partial charge in [0.2, 0.25) is 0 Å². The van der Waals surface area contributed by atoms with Crippen molar-refractivity contribution in [3.63, 3.8) is 0 Å². The lowest BCUT2D eigenvalue weighted by Gasteiger charge is -2.39. The maximum Gasteiger partial charge on any atom is 0.251 e. The van der Waals surface area contributed by atoms with E-state index < -0.39 is 0 Å². The van der Waals surface area contributed by atoms with Crippen molar-refractivity contribution in [2.24, 2.45) is 0 Å². The Labute approximate surface area is 78.0 Å². The van der Waals surface area contributed by atoms with Crippen LogP contribution in [0, 0.1) is 0 Å². The van der Waals surface area contributed by atoms with E-state index in [1.807, 2.05) is 5.01 Å². The van der Waals surface area contributed by atoms with Gasteiger partial charge in [-0.3, -0.25) is 4.79 Å². The number of amides is 1. The van der Waals surface area contributed by atoms with Crippen LogP contribution in [0.4, 0.5) is 0 Å². The molecule has 5 nitrogen and oxygen atoms in total. The van der Waals surface area contributed by atoms with Crippen molar-refractivity contribution in [1.82, 2.24) is 20.9 Å². The van der Waals surface area contributed by atoms with Crippen LogP contribution >= 0.6 is 0 Å². The van der Waals surface area contributed by atoms with E-state index in [9.17, 15) is 4.79 Å². The van der Waals surface area contributed by atoms with Crippen molar-refractivity contribution >= 4 is 5.91 Å². The highest BCUT2D eigenvalue weighted by Crippen LogP contribution is 2.07. The van der Waals surface area contributed by atoms with Gasteiger partial charge >= 0.3 is 0 Å². The smallest absolute Gasteiger partial charge is 0.251 e. The molecule has 2 heterocycles. The van der Waals surface area contributed by atoms with Gasteiger partial charge in [0, 0.05) is 19.5 Å². The van der Waals surface area contributed by atoms with Gasteiger partial charge in [0.15, 0.2) is 0 Å². The molecular weight excluding hydrogens is 168 g/mol. The molecule has 0 bridgehead atoms. The van der Waals surface area contributed by atoms with E-state index in [1.165, 1.54) is 0 Å². The fraction of sp³-hybridized carbons (Fsp3) is 0.875. The first-order chi connectivity index (χ1) is 6.38. The third kappa shape index (κ3) is 1.99. The average Bonchev–Trinajstić information content (AvgIpc) is 2.20. The molecule has 13 heavy (non-hydrogen) atoms. The van der Waals surface area contributed by atoms with Crippen molar-refractivity contribution in [2.45, 2.75) is 19.3 Å². The van der Waals surface area contributed by atoms with Crippen LogP contribution in [0.25, 0.3) is 0 Å². The van der Waals surface area contributed by atoms with E-state index in [2.05, 4.69) is 10.7 Å². The third-order valence-corrected chi connectivity index (χ3v) is 2.41. The van der Waals surface area contributed by atoms with Crippen molar-refractivity contribution < 1.29 is 4.79 Å². The summed E-state index contributed by atoms with van der Waals surface area (Å²) in [6.07, 6.45) is 2.73. The third-order valence-electron chi connectivity index (χ3n) is 2.41. The minimum Gasteiger partial charge on any atom is -0.303 e. The minimum absolute atomic E-state index is 0.190. The number of carbonyl (C=O) groups is 1. The molecule has 2 aliphatic rings. The van der Waals surface area contributed by atoms with E-state index >= 15 is 0 Å². The Bertz CT molecular complexity index is 191. The molecule has 0 atom stereocenters. The molecule has 0 aliphatic carbocycles. The molecule has 2 fully saturated rings. The first kappa shape index (κ1) is 8.93. The molecule has 0 aromatic rings. The van der Waals surface area contributed by atoms with Crippen LogP contribution in [0.2, 0.25) is 0 Å². The average molecular weight is 184 g/mol. The normalized spacial score (nSPS) is 26.5. The topological polar surface area (TPSA) is 47.6 Å². The molecule has 0 saturated carbocycles. The largest absolute Gasteiger partial charge is 0.303 e. The fourth-order valence-corrected chi connectivity index (χ4v) is 1.72. The molecular formula is C8H16N4O. The molecule has 74 valence electrons. The van der Waals surface area contributed by atoms with Gasteiger partial charge in [0.25, 0.3) is 5.91 Å². The highest BCUT2D eigenvalue weighted by atomic mass is 16.2. The zero-order valence-electron chi connectivity index (χ0n) is 7.75. The number of nitrogens with one attached hydrogen (secondary N) is 2. The number of hydrazine groups is 2. The van der Waals surface area contributed by atoms with Crippen LogP contribution in [-0.4, -0.2) is 42.3 Å². The Balaban J connectivity index is 1.92. The molecule has 0 unspecified atom stereocenters. The molecule has 2 rings (SSSR count). The molecule has 2 aliphatic heterocycles. The Kier molecular flexibility index (Phi) is 2.77. The Morgan fingerprint density at radius 2 is 2.15 bits per heavy atom. The van der Waals surface area contributed by atoms with Crippen LogP contribution in [0.1, 0.15) is 19.3 Å². The SMILES string of the molecule is O=C1CCCNN1N1CCCNC1. The predicted octanol–water partition coefficient (Wildman–Crippen LogP) is -0.719. The van der Waals surface area contributed by atoms with Gasteiger partial charge in [-0.2, -0.15) is 5.01 Å². The lowest BCUT2D eigenvalue weighted by atomic mass is 10.2. The summed E-state index contributed by atoms with van der Waals surface area (Å²) >= 11 is 0. The van der Waals surface area contributed by atoms with E-state index in [-0.39, 0.29) is 5.91 Å². The quantitative estimate of drug-likeness (QED) is 0.564. The fourth-order valence-electron chi connectivity index (χ4n) is 1.72. The molecule has 5 heteroatoms. The van der Waals surface area contributed by atoms with Crippen molar-refractivity contribution in [2.75, 3.05) is 26.3 Å². The van der Waals surface area contributed by atoms with Gasteiger partial charge in [-0.15, -0.1) is 0 Å². The summed E-state index contributed by atoms with van der Waals surface area (Å²) in [5, 5.41) is 6.95. The van der Waals surface area contributed by atoms with Crippen LogP contribution in [0.3, 0.4) is 0 Å². The van der Waals surface area contributed by atoms with E-state index in [0.29, 0.717) is 6.42 Å². The zero-order chi connectivity index (χ0) is 9.10. The van der Waals surface area contributed by atoms with Gasteiger partial charge < -0.3 is 5.32 Å². The highest BCUT2D eigenvalue weighted by Gasteiger charge is 2.24.